The van der Waals surface area contributed by atoms with Crippen LogP contribution in [-0.2, 0) is 9.59 Å². The highest BCUT2D eigenvalue weighted by molar-refractivity contribution is 6.13. The van der Waals surface area contributed by atoms with Crippen LogP contribution < -0.4 is 9.47 Å². The minimum atomic E-state index is -0.572. The SMILES string of the molecule is C=C(C)C(=O)Oc1c(C)c(C2c3ccccc3C(=O)c3cc(C)ccc32)c(OC(=O)C(=C)C)c2ccccc12. The third-order valence-corrected chi connectivity index (χ3v) is 7.06. The van der Waals surface area contributed by atoms with E-state index in [0.717, 1.165) is 16.7 Å². The molecule has 1 unspecified atom stereocenters. The van der Waals surface area contributed by atoms with Gasteiger partial charge in [-0.25, -0.2) is 9.59 Å². The molecule has 0 aliphatic heterocycles. The second-order valence-electron chi connectivity index (χ2n) is 10.0. The van der Waals surface area contributed by atoms with Crippen LogP contribution in [0, 0.1) is 13.8 Å². The van der Waals surface area contributed by atoms with Crippen molar-refractivity contribution in [2.45, 2.75) is 33.6 Å². The fraction of sp³-hybridized carbons (Fsp3) is 0.147. The van der Waals surface area contributed by atoms with Gasteiger partial charge in [-0.2, -0.15) is 0 Å². The average Bonchev–Trinajstić information content (AvgIpc) is 2.92. The molecule has 0 bridgehead atoms. The fourth-order valence-electron chi connectivity index (χ4n) is 5.17. The summed E-state index contributed by atoms with van der Waals surface area (Å²) >= 11 is 0. The van der Waals surface area contributed by atoms with Crippen molar-refractivity contribution >= 4 is 28.5 Å². The van der Waals surface area contributed by atoms with Crippen molar-refractivity contribution in [2.75, 3.05) is 0 Å². The van der Waals surface area contributed by atoms with Crippen LogP contribution in [0.3, 0.4) is 0 Å². The first kappa shape index (κ1) is 25.9. The quantitative estimate of drug-likeness (QED) is 0.141. The van der Waals surface area contributed by atoms with E-state index in [-0.39, 0.29) is 16.9 Å². The zero-order valence-corrected chi connectivity index (χ0v) is 22.4. The first-order valence-electron chi connectivity index (χ1n) is 12.6. The number of benzene rings is 4. The number of aryl methyl sites for hydroxylation is 1. The van der Waals surface area contributed by atoms with E-state index in [4.69, 9.17) is 9.47 Å². The average molecular weight is 517 g/mol. The van der Waals surface area contributed by atoms with Gasteiger partial charge in [0.05, 0.1) is 0 Å². The standard InChI is InChI=1S/C34H28O5/c1-18(2)33(36)38-31-21(6)28(32(39-34(37)19(3)4)26-14-10-9-13-25(26)31)29-22-11-7-8-12-24(22)30(35)27-17-20(5)15-16-23(27)29/h7-17,29H,1,3H2,2,4-6H3. The van der Waals surface area contributed by atoms with Crippen molar-refractivity contribution in [3.63, 3.8) is 0 Å². The van der Waals surface area contributed by atoms with Gasteiger partial charge in [-0.3, -0.25) is 4.79 Å². The maximum atomic E-state index is 13.6. The molecule has 0 saturated carbocycles. The largest absolute Gasteiger partial charge is 0.422 e. The first-order valence-corrected chi connectivity index (χ1v) is 12.6. The van der Waals surface area contributed by atoms with Gasteiger partial charge in [-0.05, 0) is 44.9 Å². The van der Waals surface area contributed by atoms with Gasteiger partial charge >= 0.3 is 11.9 Å². The summed E-state index contributed by atoms with van der Waals surface area (Å²) < 4.78 is 12.0. The van der Waals surface area contributed by atoms with E-state index in [1.54, 1.807) is 13.8 Å². The van der Waals surface area contributed by atoms with Crippen LogP contribution in [-0.4, -0.2) is 17.7 Å². The van der Waals surface area contributed by atoms with Crippen LogP contribution >= 0.6 is 0 Å². The van der Waals surface area contributed by atoms with Gasteiger partial charge in [0, 0.05) is 50.1 Å². The van der Waals surface area contributed by atoms with E-state index in [9.17, 15) is 14.4 Å². The highest BCUT2D eigenvalue weighted by Gasteiger charge is 2.37. The number of carbonyl (C=O) groups is 3. The molecule has 1 aliphatic carbocycles. The summed E-state index contributed by atoms with van der Waals surface area (Å²) in [4.78, 5) is 39.3. The third-order valence-electron chi connectivity index (χ3n) is 7.06. The fourth-order valence-corrected chi connectivity index (χ4v) is 5.17. The third kappa shape index (κ3) is 4.36. The summed E-state index contributed by atoms with van der Waals surface area (Å²) in [5.41, 5.74) is 5.44. The van der Waals surface area contributed by atoms with Crippen molar-refractivity contribution in [3.05, 3.63) is 130 Å². The molecule has 5 rings (SSSR count). The Morgan fingerprint density at radius 2 is 1.26 bits per heavy atom. The first-order chi connectivity index (χ1) is 18.6. The molecule has 4 aromatic rings. The van der Waals surface area contributed by atoms with Crippen LogP contribution in [0.5, 0.6) is 11.5 Å². The Morgan fingerprint density at radius 1 is 0.718 bits per heavy atom. The highest BCUT2D eigenvalue weighted by Crippen LogP contribution is 2.50. The smallest absolute Gasteiger partial charge is 0.338 e. The number of ketones is 1. The van der Waals surface area contributed by atoms with E-state index in [2.05, 4.69) is 13.2 Å². The summed E-state index contributed by atoms with van der Waals surface area (Å²) in [5, 5.41) is 1.21. The Balaban J connectivity index is 1.93. The van der Waals surface area contributed by atoms with E-state index in [1.165, 1.54) is 0 Å². The molecule has 4 aromatic carbocycles. The van der Waals surface area contributed by atoms with Gasteiger partial charge < -0.3 is 9.47 Å². The highest BCUT2D eigenvalue weighted by atomic mass is 16.5. The summed E-state index contributed by atoms with van der Waals surface area (Å²) in [5.74, 6) is -0.978. The van der Waals surface area contributed by atoms with Crippen LogP contribution in [0.25, 0.3) is 10.8 Å². The summed E-state index contributed by atoms with van der Waals surface area (Å²) in [6.07, 6.45) is 0. The maximum Gasteiger partial charge on any atom is 0.338 e. The zero-order valence-electron chi connectivity index (χ0n) is 22.4. The minimum Gasteiger partial charge on any atom is -0.422 e. The normalized spacial score (nSPS) is 13.8. The van der Waals surface area contributed by atoms with Crippen LogP contribution in [0.15, 0.2) is 91.0 Å². The molecular weight excluding hydrogens is 488 g/mol. The number of fused-ring (bicyclic) bond motifs is 3. The molecule has 0 radical (unpaired) electrons. The Morgan fingerprint density at radius 3 is 1.90 bits per heavy atom. The molecule has 39 heavy (non-hydrogen) atoms. The molecular formula is C34H28O5. The van der Waals surface area contributed by atoms with Gasteiger partial charge in [0.2, 0.25) is 0 Å². The molecule has 0 aromatic heterocycles. The summed E-state index contributed by atoms with van der Waals surface area (Å²) in [7, 11) is 0. The molecule has 0 fully saturated rings. The lowest BCUT2D eigenvalue weighted by molar-refractivity contribution is -0.131. The maximum absolute atomic E-state index is 13.6. The second kappa shape index (κ2) is 9.84. The second-order valence-corrected chi connectivity index (χ2v) is 10.0. The van der Waals surface area contributed by atoms with Crippen LogP contribution in [0.1, 0.15) is 63.5 Å². The van der Waals surface area contributed by atoms with E-state index >= 15 is 0 Å². The monoisotopic (exact) mass is 516 g/mol. The lowest BCUT2D eigenvalue weighted by atomic mass is 9.72. The Bertz CT molecular complexity index is 1740. The Labute approximate surface area is 227 Å². The van der Waals surface area contributed by atoms with Gasteiger partial charge in [-0.15, -0.1) is 0 Å². The predicted molar refractivity (Wildman–Crippen MR) is 152 cm³/mol. The van der Waals surface area contributed by atoms with Gasteiger partial charge in [0.25, 0.3) is 0 Å². The number of ether oxygens (including phenoxy) is 2. The molecule has 1 aliphatic rings. The topological polar surface area (TPSA) is 69.7 Å². The molecule has 194 valence electrons. The molecule has 1 atom stereocenters. The van der Waals surface area contributed by atoms with Crippen molar-refractivity contribution in [3.8, 4) is 11.5 Å². The van der Waals surface area contributed by atoms with Crippen LogP contribution in [0.2, 0.25) is 0 Å². The number of rotatable bonds is 5. The van der Waals surface area contributed by atoms with E-state index in [1.807, 2.05) is 80.6 Å². The summed E-state index contributed by atoms with van der Waals surface area (Å²) in [6.45, 7) is 14.5. The molecule has 0 heterocycles. The van der Waals surface area contributed by atoms with E-state index in [0.29, 0.717) is 44.5 Å². The van der Waals surface area contributed by atoms with Crippen molar-refractivity contribution in [1.82, 2.24) is 0 Å². The van der Waals surface area contributed by atoms with Crippen molar-refractivity contribution in [1.29, 1.82) is 0 Å². The Hall–Kier alpha value is -4.77. The predicted octanol–water partition coefficient (Wildman–Crippen LogP) is 7.14. The minimum absolute atomic E-state index is 0.0617. The van der Waals surface area contributed by atoms with Gasteiger partial charge in [0.1, 0.15) is 11.5 Å². The Kier molecular flexibility index (Phi) is 6.52. The molecule has 5 nitrogen and oxygen atoms in total. The van der Waals surface area contributed by atoms with Crippen molar-refractivity contribution in [2.24, 2.45) is 0 Å². The zero-order chi connectivity index (χ0) is 28.0. The molecule has 5 heteroatoms. The number of hydrogen-bond acceptors (Lipinski definition) is 5. The molecule has 0 saturated heterocycles. The number of esters is 2. The van der Waals surface area contributed by atoms with Gasteiger partial charge in [-0.1, -0.05) is 79.4 Å². The van der Waals surface area contributed by atoms with Crippen LogP contribution in [0.4, 0.5) is 0 Å². The molecule has 0 amide bonds. The van der Waals surface area contributed by atoms with Crippen molar-refractivity contribution < 1.29 is 23.9 Å². The van der Waals surface area contributed by atoms with Gasteiger partial charge in [0.15, 0.2) is 5.78 Å². The number of hydrogen-bond donors (Lipinski definition) is 0. The van der Waals surface area contributed by atoms with E-state index < -0.39 is 17.9 Å². The summed E-state index contributed by atoms with van der Waals surface area (Å²) in [6, 6.07) is 20.6. The lowest BCUT2D eigenvalue weighted by Crippen LogP contribution is -2.23. The lowest BCUT2D eigenvalue weighted by Gasteiger charge is -2.31. The molecule has 0 spiro atoms. The number of carbonyl (C=O) groups excluding carboxylic acids is 3. The molecule has 0 N–H and O–H groups in total.